The first-order valence-corrected chi connectivity index (χ1v) is 7.35. The molecule has 1 aromatic rings. The maximum Gasteiger partial charge on any atom is 0.336 e. The van der Waals surface area contributed by atoms with E-state index in [0.29, 0.717) is 24.2 Å². The van der Waals surface area contributed by atoms with Crippen molar-refractivity contribution in [3.8, 4) is 5.75 Å². The lowest BCUT2D eigenvalue weighted by Gasteiger charge is -2.27. The largest absolute Gasteiger partial charge is 0.507 e. The van der Waals surface area contributed by atoms with E-state index in [1.54, 1.807) is 6.07 Å². The Hall–Kier alpha value is -1.51. The van der Waals surface area contributed by atoms with Gasteiger partial charge in [0.2, 0.25) is 0 Å². The first-order valence-electron chi connectivity index (χ1n) is 7.35. The number of aryl methyl sites for hydroxylation is 1. The molecule has 20 heavy (non-hydrogen) atoms. The molecule has 0 unspecified atom stereocenters. The molecule has 0 aromatic heterocycles. The number of phenolic OH excluding ortho intramolecular Hbond substituents is 1. The van der Waals surface area contributed by atoms with Gasteiger partial charge in [-0.15, -0.1) is 0 Å². The predicted molar refractivity (Wildman–Crippen MR) is 81.8 cm³/mol. The van der Waals surface area contributed by atoms with Crippen LogP contribution in [-0.2, 0) is 18.3 Å². The van der Waals surface area contributed by atoms with Gasteiger partial charge in [0.1, 0.15) is 5.75 Å². The van der Waals surface area contributed by atoms with Gasteiger partial charge < -0.3 is 10.2 Å². The fourth-order valence-corrected chi connectivity index (χ4v) is 2.77. The Bertz CT molecular complexity index is 496. The molecule has 0 radical (unpaired) electrons. The molecule has 0 aliphatic heterocycles. The van der Waals surface area contributed by atoms with Gasteiger partial charge in [0.05, 0.1) is 5.56 Å². The van der Waals surface area contributed by atoms with E-state index in [-0.39, 0.29) is 5.41 Å². The van der Waals surface area contributed by atoms with Crippen LogP contribution in [0.2, 0.25) is 0 Å². The topological polar surface area (TPSA) is 57.5 Å². The Balaban J connectivity index is 3.68. The number of aromatic hydroxyl groups is 1. The van der Waals surface area contributed by atoms with Crippen molar-refractivity contribution in [3.63, 3.8) is 0 Å². The minimum atomic E-state index is -0.912. The third kappa shape index (κ3) is 3.33. The number of hydrogen-bond donors (Lipinski definition) is 2. The van der Waals surface area contributed by atoms with Crippen molar-refractivity contribution in [2.75, 3.05) is 0 Å². The van der Waals surface area contributed by atoms with E-state index in [1.165, 1.54) is 0 Å². The highest BCUT2D eigenvalue weighted by atomic mass is 16.4. The Morgan fingerprint density at radius 3 is 2.10 bits per heavy atom. The highest BCUT2D eigenvalue weighted by Gasteiger charge is 2.28. The Kier molecular flexibility index (Phi) is 5.21. The predicted octanol–water partition coefficient (Wildman–Crippen LogP) is 4.29. The summed E-state index contributed by atoms with van der Waals surface area (Å²) in [5.74, 6) is -0.617. The number of benzene rings is 1. The van der Waals surface area contributed by atoms with Crippen molar-refractivity contribution >= 4 is 5.97 Å². The van der Waals surface area contributed by atoms with Crippen molar-refractivity contribution < 1.29 is 15.0 Å². The van der Waals surface area contributed by atoms with Gasteiger partial charge in [0.15, 0.2) is 0 Å². The van der Waals surface area contributed by atoms with Crippen LogP contribution in [0, 0.1) is 0 Å². The average molecular weight is 278 g/mol. The fraction of sp³-hybridized carbons (Fsp3) is 0.588. The second-order valence-corrected chi connectivity index (χ2v) is 6.34. The van der Waals surface area contributed by atoms with Gasteiger partial charge in [0.25, 0.3) is 0 Å². The zero-order valence-corrected chi connectivity index (χ0v) is 13.2. The summed E-state index contributed by atoms with van der Waals surface area (Å²) in [6, 6.07) is 1.65. The molecule has 112 valence electrons. The van der Waals surface area contributed by atoms with Crippen molar-refractivity contribution in [1.29, 1.82) is 0 Å². The summed E-state index contributed by atoms with van der Waals surface area (Å²) in [5.41, 5.74) is 2.36. The molecule has 0 bridgehead atoms. The lowest BCUT2D eigenvalue weighted by molar-refractivity contribution is 0.0693. The minimum absolute atomic E-state index is 0.295. The van der Waals surface area contributed by atoms with Crippen LogP contribution in [0.15, 0.2) is 6.07 Å². The summed E-state index contributed by atoms with van der Waals surface area (Å²) in [5, 5.41) is 20.0. The van der Waals surface area contributed by atoms with Crippen LogP contribution >= 0.6 is 0 Å². The molecule has 0 heterocycles. The second-order valence-electron chi connectivity index (χ2n) is 6.34. The van der Waals surface area contributed by atoms with Gasteiger partial charge in [-0.2, -0.15) is 0 Å². The number of carbonyl (C=O) groups is 1. The van der Waals surface area contributed by atoms with Gasteiger partial charge in [-0.3, -0.25) is 0 Å². The smallest absolute Gasteiger partial charge is 0.336 e. The maximum absolute atomic E-state index is 11.6. The molecule has 0 fully saturated rings. The molecule has 0 saturated carbocycles. The van der Waals surface area contributed by atoms with E-state index in [0.717, 1.165) is 29.5 Å². The quantitative estimate of drug-likeness (QED) is 0.844. The lowest BCUT2D eigenvalue weighted by atomic mass is 9.78. The lowest BCUT2D eigenvalue weighted by Crippen LogP contribution is -2.20. The first-order chi connectivity index (χ1) is 9.23. The highest BCUT2D eigenvalue weighted by Crippen LogP contribution is 2.38. The average Bonchev–Trinajstić information content (AvgIpc) is 2.32. The van der Waals surface area contributed by atoms with E-state index >= 15 is 0 Å². The molecule has 0 amide bonds. The highest BCUT2D eigenvalue weighted by molar-refractivity contribution is 5.91. The normalized spacial score (nSPS) is 11.7. The molecule has 1 rings (SSSR count). The van der Waals surface area contributed by atoms with Gasteiger partial charge in [-0.05, 0) is 41.0 Å². The molecule has 0 aliphatic rings. The zero-order valence-electron chi connectivity index (χ0n) is 13.2. The minimum Gasteiger partial charge on any atom is -0.507 e. The number of carboxylic acids is 1. The molecular weight excluding hydrogens is 252 g/mol. The van der Waals surface area contributed by atoms with Crippen molar-refractivity contribution in [3.05, 3.63) is 28.3 Å². The van der Waals surface area contributed by atoms with Crippen molar-refractivity contribution in [1.82, 2.24) is 0 Å². The number of phenols is 1. The number of carboxylic acid groups (broad SMARTS) is 1. The van der Waals surface area contributed by atoms with Crippen LogP contribution in [0.5, 0.6) is 5.75 Å². The summed E-state index contributed by atoms with van der Waals surface area (Å²) in [4.78, 5) is 11.6. The van der Waals surface area contributed by atoms with Crippen LogP contribution in [0.3, 0.4) is 0 Å². The van der Waals surface area contributed by atoms with Crippen molar-refractivity contribution in [2.24, 2.45) is 0 Å². The van der Waals surface area contributed by atoms with Crippen LogP contribution in [0.1, 0.15) is 74.5 Å². The van der Waals surface area contributed by atoms with Gasteiger partial charge in [-0.1, -0.05) is 47.5 Å². The maximum atomic E-state index is 11.6. The zero-order chi connectivity index (χ0) is 15.5. The molecule has 0 spiro atoms. The van der Waals surface area contributed by atoms with E-state index in [1.807, 2.05) is 34.6 Å². The molecule has 0 saturated heterocycles. The summed E-state index contributed by atoms with van der Waals surface area (Å²) in [7, 11) is 0. The Morgan fingerprint density at radius 2 is 1.70 bits per heavy atom. The Morgan fingerprint density at radius 1 is 1.15 bits per heavy atom. The van der Waals surface area contributed by atoms with Crippen LogP contribution in [0.25, 0.3) is 0 Å². The summed E-state index contributed by atoms with van der Waals surface area (Å²) < 4.78 is 0. The molecule has 3 heteroatoms. The molecule has 3 nitrogen and oxygen atoms in total. The van der Waals surface area contributed by atoms with Gasteiger partial charge >= 0.3 is 5.97 Å². The number of hydrogen-bond acceptors (Lipinski definition) is 2. The Labute approximate surface area is 121 Å². The number of aromatic carboxylic acids is 1. The first kappa shape index (κ1) is 16.5. The van der Waals surface area contributed by atoms with E-state index in [2.05, 4.69) is 0 Å². The van der Waals surface area contributed by atoms with E-state index < -0.39 is 5.97 Å². The molecule has 0 aliphatic carbocycles. The van der Waals surface area contributed by atoms with Gasteiger partial charge in [0, 0.05) is 0 Å². The molecule has 0 atom stereocenters. The van der Waals surface area contributed by atoms with Crippen molar-refractivity contribution in [2.45, 2.75) is 65.7 Å². The van der Waals surface area contributed by atoms with Crippen LogP contribution in [0.4, 0.5) is 0 Å². The van der Waals surface area contributed by atoms with Crippen LogP contribution < -0.4 is 0 Å². The summed E-state index contributed by atoms with van der Waals surface area (Å²) in [6.45, 7) is 10.0. The third-order valence-electron chi connectivity index (χ3n) is 3.48. The standard InChI is InChI=1S/C17H26O3/c1-6-8-11-10-13(16(19)20)14(17(3,4)5)12(9-7-2)15(11)18/h10,18H,6-9H2,1-5H3,(H,19,20). The third-order valence-corrected chi connectivity index (χ3v) is 3.48. The van der Waals surface area contributed by atoms with Crippen LogP contribution in [-0.4, -0.2) is 16.2 Å². The molecular formula is C17H26O3. The monoisotopic (exact) mass is 278 g/mol. The van der Waals surface area contributed by atoms with E-state index in [4.69, 9.17) is 0 Å². The fourth-order valence-electron chi connectivity index (χ4n) is 2.77. The SMILES string of the molecule is CCCc1cc(C(=O)O)c(C(C)(C)C)c(CCC)c1O. The van der Waals surface area contributed by atoms with Gasteiger partial charge in [-0.25, -0.2) is 4.79 Å². The number of rotatable bonds is 5. The molecule has 2 N–H and O–H groups in total. The van der Waals surface area contributed by atoms with E-state index in [9.17, 15) is 15.0 Å². The summed E-state index contributed by atoms with van der Waals surface area (Å²) in [6.07, 6.45) is 3.17. The molecule has 1 aromatic carbocycles. The summed E-state index contributed by atoms with van der Waals surface area (Å²) >= 11 is 0. The second kappa shape index (κ2) is 6.29.